The van der Waals surface area contributed by atoms with Crippen molar-refractivity contribution < 1.29 is 17.6 Å². The van der Waals surface area contributed by atoms with Gasteiger partial charge < -0.3 is 8.98 Å². The molecule has 4 aromatic rings. The summed E-state index contributed by atoms with van der Waals surface area (Å²) in [5.41, 5.74) is 2.56. The number of sulfone groups is 1. The van der Waals surface area contributed by atoms with Crippen molar-refractivity contribution >= 4 is 27.1 Å². The molecule has 0 saturated carbocycles. The molecule has 31 heavy (non-hydrogen) atoms. The molecule has 0 bridgehead atoms. The van der Waals surface area contributed by atoms with Crippen molar-refractivity contribution in [2.24, 2.45) is 4.99 Å². The van der Waals surface area contributed by atoms with Gasteiger partial charge in [0.2, 0.25) is 0 Å². The van der Waals surface area contributed by atoms with Crippen LogP contribution in [-0.2, 0) is 22.1 Å². The van der Waals surface area contributed by atoms with Crippen LogP contribution >= 0.6 is 11.3 Å². The molecule has 1 amide bonds. The molecule has 158 valence electrons. The van der Waals surface area contributed by atoms with Gasteiger partial charge in [-0.25, -0.2) is 8.42 Å². The van der Waals surface area contributed by atoms with Gasteiger partial charge >= 0.3 is 5.91 Å². The molecule has 2 aromatic heterocycles. The van der Waals surface area contributed by atoms with Gasteiger partial charge in [0.1, 0.15) is 0 Å². The highest BCUT2D eigenvalue weighted by Gasteiger charge is 2.22. The maximum absolute atomic E-state index is 12.8. The van der Waals surface area contributed by atoms with E-state index >= 15 is 0 Å². The predicted octanol–water partition coefficient (Wildman–Crippen LogP) is 4.21. The Hall–Kier alpha value is -3.23. The lowest BCUT2D eigenvalue weighted by Gasteiger charge is -2.04. The minimum Gasteiger partial charge on any atom is -0.459 e. The van der Waals surface area contributed by atoms with Gasteiger partial charge in [0, 0.05) is 23.7 Å². The van der Waals surface area contributed by atoms with E-state index in [1.54, 1.807) is 18.2 Å². The van der Waals surface area contributed by atoms with Crippen molar-refractivity contribution in [2.75, 3.05) is 0 Å². The van der Waals surface area contributed by atoms with Gasteiger partial charge in [-0.1, -0.05) is 48.0 Å². The molecule has 2 aromatic carbocycles. The molecule has 0 fully saturated rings. The van der Waals surface area contributed by atoms with Crippen molar-refractivity contribution in [3.05, 3.63) is 106 Å². The highest BCUT2D eigenvalue weighted by Crippen LogP contribution is 2.20. The van der Waals surface area contributed by atoms with Crippen LogP contribution in [0.2, 0.25) is 0 Å². The number of rotatable bonds is 6. The van der Waals surface area contributed by atoms with E-state index in [1.165, 1.54) is 41.4 Å². The van der Waals surface area contributed by atoms with E-state index < -0.39 is 15.7 Å². The molecular weight excluding hydrogens is 432 g/mol. The molecule has 8 heteroatoms. The molecule has 0 radical (unpaired) electrons. The first kappa shape index (κ1) is 21.0. The van der Waals surface area contributed by atoms with E-state index in [2.05, 4.69) is 4.99 Å². The highest BCUT2D eigenvalue weighted by atomic mass is 32.2. The van der Waals surface area contributed by atoms with Crippen molar-refractivity contribution in [1.29, 1.82) is 0 Å². The molecule has 0 spiro atoms. The number of carbonyl (C=O) groups is 1. The standard InChI is InChI=1S/C23H20N2O4S2/c1-17-7-9-18(10-8-17)15-25-12-14-30-23(25)24-22(26)21-19(11-13-29-21)16-31(27,28)20-5-3-2-4-6-20/h2-14H,15-16H2,1H3. The molecule has 4 rings (SSSR count). The fraction of sp³-hybridized carbons (Fsp3) is 0.130. The molecule has 0 saturated heterocycles. The van der Waals surface area contributed by atoms with E-state index in [0.29, 0.717) is 16.9 Å². The quantitative estimate of drug-likeness (QED) is 0.439. The van der Waals surface area contributed by atoms with Gasteiger partial charge in [0.25, 0.3) is 0 Å². The third-order valence-electron chi connectivity index (χ3n) is 4.72. The molecular formula is C23H20N2O4S2. The first-order valence-electron chi connectivity index (χ1n) is 9.55. The first-order chi connectivity index (χ1) is 14.9. The first-order valence-corrected chi connectivity index (χ1v) is 12.1. The molecule has 2 heterocycles. The highest BCUT2D eigenvalue weighted by molar-refractivity contribution is 7.90. The smallest absolute Gasteiger partial charge is 0.315 e. The lowest BCUT2D eigenvalue weighted by molar-refractivity contribution is 0.0970. The summed E-state index contributed by atoms with van der Waals surface area (Å²) in [4.78, 5) is 17.7. The van der Waals surface area contributed by atoms with Crippen LogP contribution in [0.3, 0.4) is 0 Å². The fourth-order valence-corrected chi connectivity index (χ4v) is 5.19. The number of nitrogens with zero attached hydrogens (tertiary/aromatic N) is 2. The Morgan fingerprint density at radius 1 is 1.06 bits per heavy atom. The summed E-state index contributed by atoms with van der Waals surface area (Å²) in [7, 11) is -3.61. The SMILES string of the molecule is Cc1ccc(Cn2ccsc2=NC(=O)c2occc2CS(=O)(=O)c2ccccc2)cc1. The molecule has 0 N–H and O–H groups in total. The summed E-state index contributed by atoms with van der Waals surface area (Å²) in [6.45, 7) is 2.60. The summed E-state index contributed by atoms with van der Waals surface area (Å²) >= 11 is 1.33. The number of thiazole rings is 1. The monoisotopic (exact) mass is 452 g/mol. The minimum absolute atomic E-state index is 0.0604. The van der Waals surface area contributed by atoms with Crippen molar-refractivity contribution in [3.63, 3.8) is 0 Å². The fourth-order valence-electron chi connectivity index (χ4n) is 3.09. The minimum atomic E-state index is -3.61. The van der Waals surface area contributed by atoms with Crippen molar-refractivity contribution in [1.82, 2.24) is 4.57 Å². The van der Waals surface area contributed by atoms with Gasteiger partial charge in [-0.15, -0.1) is 11.3 Å². The molecule has 0 aliphatic carbocycles. The number of furan rings is 1. The Morgan fingerprint density at radius 2 is 1.81 bits per heavy atom. The van der Waals surface area contributed by atoms with Gasteiger partial charge in [0.05, 0.1) is 16.9 Å². The van der Waals surface area contributed by atoms with Gasteiger partial charge in [-0.2, -0.15) is 4.99 Å². The number of benzene rings is 2. The summed E-state index contributed by atoms with van der Waals surface area (Å²) in [6, 6.07) is 17.8. The lowest BCUT2D eigenvalue weighted by atomic mass is 10.1. The number of amides is 1. The zero-order valence-corrected chi connectivity index (χ0v) is 18.4. The zero-order valence-electron chi connectivity index (χ0n) is 16.8. The van der Waals surface area contributed by atoms with Gasteiger partial charge in [-0.3, -0.25) is 4.79 Å². The number of hydrogen-bond acceptors (Lipinski definition) is 5. The third-order valence-corrected chi connectivity index (χ3v) is 7.20. The van der Waals surface area contributed by atoms with Crippen molar-refractivity contribution in [3.8, 4) is 0 Å². The summed E-state index contributed by atoms with van der Waals surface area (Å²) < 4.78 is 32.6. The Bertz CT molecular complexity index is 1360. The van der Waals surface area contributed by atoms with Crippen LogP contribution in [0.4, 0.5) is 0 Å². The summed E-state index contributed by atoms with van der Waals surface area (Å²) in [6.07, 6.45) is 3.17. The van der Waals surface area contributed by atoms with E-state index in [-0.39, 0.29) is 16.4 Å². The number of hydrogen-bond donors (Lipinski definition) is 0. The zero-order chi connectivity index (χ0) is 21.8. The Balaban J connectivity index is 1.59. The molecule has 6 nitrogen and oxygen atoms in total. The summed E-state index contributed by atoms with van der Waals surface area (Å²) in [5, 5.41) is 1.85. The van der Waals surface area contributed by atoms with E-state index in [4.69, 9.17) is 4.42 Å². The van der Waals surface area contributed by atoms with E-state index in [9.17, 15) is 13.2 Å². The van der Waals surface area contributed by atoms with Crippen LogP contribution in [0.5, 0.6) is 0 Å². The second kappa shape index (κ2) is 8.87. The average Bonchev–Trinajstić information content (AvgIpc) is 3.39. The van der Waals surface area contributed by atoms with Crippen LogP contribution in [0.1, 0.15) is 27.2 Å². The van der Waals surface area contributed by atoms with Gasteiger partial charge in [0.15, 0.2) is 20.4 Å². The lowest BCUT2D eigenvalue weighted by Crippen LogP contribution is -2.17. The molecule has 0 unspecified atom stereocenters. The maximum atomic E-state index is 12.8. The number of aryl methyl sites for hydroxylation is 1. The Morgan fingerprint density at radius 3 is 2.55 bits per heavy atom. The van der Waals surface area contributed by atoms with Crippen LogP contribution in [0.15, 0.2) is 92.8 Å². The number of aromatic nitrogens is 1. The summed E-state index contributed by atoms with van der Waals surface area (Å²) in [5.74, 6) is -1.00. The van der Waals surface area contributed by atoms with Crippen LogP contribution < -0.4 is 4.80 Å². The maximum Gasteiger partial charge on any atom is 0.315 e. The average molecular weight is 453 g/mol. The molecule has 0 aliphatic rings. The van der Waals surface area contributed by atoms with Crippen LogP contribution in [-0.4, -0.2) is 18.9 Å². The van der Waals surface area contributed by atoms with Crippen LogP contribution in [0, 0.1) is 6.92 Å². The largest absolute Gasteiger partial charge is 0.459 e. The third kappa shape index (κ3) is 4.92. The normalized spacial score (nSPS) is 12.2. The van der Waals surface area contributed by atoms with E-state index in [1.807, 2.05) is 47.3 Å². The van der Waals surface area contributed by atoms with Crippen molar-refractivity contribution in [2.45, 2.75) is 24.1 Å². The Labute approximate surface area is 184 Å². The topological polar surface area (TPSA) is 81.6 Å². The Kier molecular flexibility index (Phi) is 6.01. The van der Waals surface area contributed by atoms with E-state index in [0.717, 1.165) is 5.56 Å². The second-order valence-corrected chi connectivity index (χ2v) is 9.93. The second-order valence-electron chi connectivity index (χ2n) is 7.06. The van der Waals surface area contributed by atoms with Crippen LogP contribution in [0.25, 0.3) is 0 Å². The number of carbonyl (C=O) groups excluding carboxylic acids is 1. The molecule has 0 aliphatic heterocycles. The van der Waals surface area contributed by atoms with Gasteiger partial charge in [-0.05, 0) is 30.7 Å². The predicted molar refractivity (Wildman–Crippen MR) is 119 cm³/mol. The molecule has 0 atom stereocenters.